The molecule has 0 bridgehead atoms. The monoisotopic (exact) mass is 338 g/mol. The molecule has 0 atom stereocenters. The minimum Gasteiger partial charge on any atom is -0.478 e. The highest BCUT2D eigenvalue weighted by molar-refractivity contribution is 9.10. The first-order chi connectivity index (χ1) is 9.08. The number of halogens is 1. The van der Waals surface area contributed by atoms with Crippen LogP contribution >= 0.6 is 27.7 Å². The van der Waals surface area contributed by atoms with E-state index < -0.39 is 5.97 Å². The largest absolute Gasteiger partial charge is 0.478 e. The number of nitrogens with two attached hydrogens (primary N) is 1. The van der Waals surface area contributed by atoms with E-state index in [0.29, 0.717) is 11.4 Å². The van der Waals surface area contributed by atoms with E-state index in [1.54, 1.807) is 42.4 Å². The summed E-state index contributed by atoms with van der Waals surface area (Å²) >= 11 is 4.97. The summed E-state index contributed by atoms with van der Waals surface area (Å²) in [7, 11) is 0. The van der Waals surface area contributed by atoms with Crippen LogP contribution in [0.5, 0.6) is 0 Å². The smallest absolute Gasteiger partial charge is 0.335 e. The fraction of sp³-hybridized carbons (Fsp3) is 0.0769. The van der Waals surface area contributed by atoms with Crippen molar-refractivity contribution in [2.45, 2.75) is 10.6 Å². The van der Waals surface area contributed by atoms with Crippen LogP contribution in [-0.4, -0.2) is 16.1 Å². The van der Waals surface area contributed by atoms with Gasteiger partial charge in [-0.1, -0.05) is 22.0 Å². The average molecular weight is 339 g/mol. The normalized spacial score (nSPS) is 10.4. The summed E-state index contributed by atoms with van der Waals surface area (Å²) in [5.41, 5.74) is 7.75. The molecule has 0 saturated carbocycles. The third kappa shape index (κ3) is 3.48. The predicted molar refractivity (Wildman–Crippen MR) is 79.3 cm³/mol. The van der Waals surface area contributed by atoms with Crippen LogP contribution in [0, 0.1) is 0 Å². The lowest BCUT2D eigenvalue weighted by atomic mass is 10.1. The van der Waals surface area contributed by atoms with Crippen LogP contribution in [0.3, 0.4) is 0 Å². The number of carbonyl (C=O) groups is 1. The third-order valence-corrected chi connectivity index (χ3v) is 4.37. The van der Waals surface area contributed by atoms with Gasteiger partial charge in [0.25, 0.3) is 0 Å². The fourth-order valence-electron chi connectivity index (χ4n) is 1.48. The molecular formula is C13H11BrN2O2S. The molecule has 0 spiro atoms. The topological polar surface area (TPSA) is 76.2 Å². The molecule has 0 amide bonds. The van der Waals surface area contributed by atoms with Gasteiger partial charge in [0.2, 0.25) is 0 Å². The Kier molecular flexibility index (Phi) is 4.44. The Labute approximate surface area is 123 Å². The second-order valence-electron chi connectivity index (χ2n) is 3.81. The van der Waals surface area contributed by atoms with Gasteiger partial charge in [0.15, 0.2) is 0 Å². The maximum Gasteiger partial charge on any atom is 0.335 e. The number of aromatic carboxylic acids is 1. The zero-order chi connectivity index (χ0) is 13.8. The number of hydrogen-bond donors (Lipinski definition) is 2. The number of nitrogens with zero attached hydrogens (tertiary/aromatic N) is 1. The van der Waals surface area contributed by atoms with E-state index in [2.05, 4.69) is 20.9 Å². The Morgan fingerprint density at radius 3 is 2.84 bits per heavy atom. The second-order valence-corrected chi connectivity index (χ2v) is 5.69. The highest BCUT2D eigenvalue weighted by Gasteiger charge is 2.08. The summed E-state index contributed by atoms with van der Waals surface area (Å²) in [5, 5.41) is 8.89. The van der Waals surface area contributed by atoms with E-state index in [1.807, 2.05) is 6.07 Å². The number of benzene rings is 1. The summed E-state index contributed by atoms with van der Waals surface area (Å²) in [6, 6.07) is 6.87. The van der Waals surface area contributed by atoms with Crippen molar-refractivity contribution < 1.29 is 9.90 Å². The molecule has 0 unspecified atom stereocenters. The van der Waals surface area contributed by atoms with E-state index in [4.69, 9.17) is 10.8 Å². The molecule has 4 nitrogen and oxygen atoms in total. The van der Waals surface area contributed by atoms with Crippen molar-refractivity contribution in [3.63, 3.8) is 0 Å². The van der Waals surface area contributed by atoms with Gasteiger partial charge >= 0.3 is 5.97 Å². The van der Waals surface area contributed by atoms with Crippen molar-refractivity contribution in [1.82, 2.24) is 4.98 Å². The number of aromatic nitrogens is 1. The van der Waals surface area contributed by atoms with Crippen LogP contribution in [0.25, 0.3) is 0 Å². The molecule has 6 heteroatoms. The second kappa shape index (κ2) is 6.08. The van der Waals surface area contributed by atoms with Gasteiger partial charge < -0.3 is 10.8 Å². The average Bonchev–Trinajstić information content (AvgIpc) is 2.39. The SMILES string of the molecule is Nc1cnccc1SCc1ccc(C(=O)O)cc1Br. The molecule has 2 rings (SSSR count). The number of rotatable bonds is 4. The first kappa shape index (κ1) is 13.9. The summed E-state index contributed by atoms with van der Waals surface area (Å²) < 4.78 is 0.785. The Morgan fingerprint density at radius 1 is 1.42 bits per heavy atom. The molecule has 19 heavy (non-hydrogen) atoms. The maximum absolute atomic E-state index is 10.8. The van der Waals surface area contributed by atoms with Gasteiger partial charge in [-0.05, 0) is 23.8 Å². The van der Waals surface area contributed by atoms with Crippen LogP contribution in [0.15, 0.2) is 46.0 Å². The Hall–Kier alpha value is -1.53. The molecule has 0 saturated heterocycles. The van der Waals surface area contributed by atoms with Crippen LogP contribution in [-0.2, 0) is 5.75 Å². The van der Waals surface area contributed by atoms with Gasteiger partial charge in [0.05, 0.1) is 17.4 Å². The number of thioether (sulfide) groups is 1. The van der Waals surface area contributed by atoms with Gasteiger partial charge in [-0.15, -0.1) is 11.8 Å². The predicted octanol–water partition coefficient (Wildman–Crippen LogP) is 3.42. The maximum atomic E-state index is 10.8. The van der Waals surface area contributed by atoms with Crippen LogP contribution < -0.4 is 5.73 Å². The molecule has 0 fully saturated rings. The number of nitrogen functional groups attached to an aromatic ring is 1. The van der Waals surface area contributed by atoms with Gasteiger partial charge in [-0.2, -0.15) is 0 Å². The van der Waals surface area contributed by atoms with E-state index in [1.165, 1.54) is 0 Å². The van der Waals surface area contributed by atoms with E-state index >= 15 is 0 Å². The van der Waals surface area contributed by atoms with Crippen molar-refractivity contribution >= 4 is 39.3 Å². The highest BCUT2D eigenvalue weighted by atomic mass is 79.9. The van der Waals surface area contributed by atoms with Crippen LogP contribution in [0.1, 0.15) is 15.9 Å². The van der Waals surface area contributed by atoms with Crippen LogP contribution in [0.4, 0.5) is 5.69 Å². The molecule has 1 heterocycles. The Morgan fingerprint density at radius 2 is 2.21 bits per heavy atom. The summed E-state index contributed by atoms with van der Waals surface area (Å²) in [4.78, 5) is 15.7. The van der Waals surface area contributed by atoms with E-state index in [0.717, 1.165) is 14.9 Å². The third-order valence-electron chi connectivity index (χ3n) is 2.49. The standard InChI is InChI=1S/C13H11BrN2O2S/c14-10-5-8(13(17)18)1-2-9(10)7-19-12-3-4-16-6-11(12)15/h1-6H,7,15H2,(H,17,18). The molecule has 2 aromatic rings. The fourth-order valence-corrected chi connectivity index (χ4v) is 3.12. The van der Waals surface area contributed by atoms with Crippen molar-refractivity contribution in [2.75, 3.05) is 5.73 Å². The number of carboxylic acids is 1. The Balaban J connectivity index is 2.12. The minimum absolute atomic E-state index is 0.268. The van der Waals surface area contributed by atoms with Crippen LogP contribution in [0.2, 0.25) is 0 Å². The molecule has 3 N–H and O–H groups in total. The summed E-state index contributed by atoms with van der Waals surface area (Å²) in [5.74, 6) is -0.229. The summed E-state index contributed by atoms with van der Waals surface area (Å²) in [6.07, 6.45) is 3.31. The number of pyridine rings is 1. The first-order valence-electron chi connectivity index (χ1n) is 5.42. The van der Waals surface area contributed by atoms with Gasteiger partial charge in [-0.3, -0.25) is 4.98 Å². The lowest BCUT2D eigenvalue weighted by molar-refractivity contribution is 0.0697. The molecule has 0 aliphatic rings. The minimum atomic E-state index is -0.932. The number of carboxylic acid groups (broad SMARTS) is 1. The van der Waals surface area contributed by atoms with Crippen molar-refractivity contribution in [3.05, 3.63) is 52.3 Å². The van der Waals surface area contributed by atoms with Crippen molar-refractivity contribution in [3.8, 4) is 0 Å². The molecule has 1 aromatic carbocycles. The lowest BCUT2D eigenvalue weighted by Gasteiger charge is -2.07. The van der Waals surface area contributed by atoms with Crippen molar-refractivity contribution in [2.24, 2.45) is 0 Å². The van der Waals surface area contributed by atoms with Gasteiger partial charge in [0.1, 0.15) is 0 Å². The molecule has 0 radical (unpaired) electrons. The number of anilines is 1. The molecular weight excluding hydrogens is 328 g/mol. The van der Waals surface area contributed by atoms with Gasteiger partial charge in [0, 0.05) is 21.3 Å². The van der Waals surface area contributed by atoms with Gasteiger partial charge in [-0.25, -0.2) is 4.79 Å². The number of hydrogen-bond acceptors (Lipinski definition) is 4. The molecule has 0 aliphatic heterocycles. The van der Waals surface area contributed by atoms with E-state index in [-0.39, 0.29) is 5.56 Å². The van der Waals surface area contributed by atoms with E-state index in [9.17, 15) is 4.79 Å². The zero-order valence-corrected chi connectivity index (χ0v) is 12.2. The lowest BCUT2D eigenvalue weighted by Crippen LogP contribution is -1.97. The zero-order valence-electron chi connectivity index (χ0n) is 9.84. The molecule has 98 valence electrons. The molecule has 1 aromatic heterocycles. The molecule has 0 aliphatic carbocycles. The highest BCUT2D eigenvalue weighted by Crippen LogP contribution is 2.30. The first-order valence-corrected chi connectivity index (χ1v) is 7.20. The summed E-state index contributed by atoms with van der Waals surface area (Å²) in [6.45, 7) is 0. The Bertz CT molecular complexity index is 619. The van der Waals surface area contributed by atoms with Crippen molar-refractivity contribution in [1.29, 1.82) is 0 Å². The quantitative estimate of drug-likeness (QED) is 0.835.